The van der Waals surface area contributed by atoms with E-state index >= 15 is 0 Å². The summed E-state index contributed by atoms with van der Waals surface area (Å²) in [5.74, 6) is -0.104. The van der Waals surface area contributed by atoms with Crippen molar-refractivity contribution in [2.45, 2.75) is 32.7 Å². The smallest absolute Gasteiger partial charge is 0.251 e. The molecule has 0 aliphatic rings. The van der Waals surface area contributed by atoms with Crippen LogP contribution in [0.5, 0.6) is 0 Å². The highest BCUT2D eigenvalue weighted by Crippen LogP contribution is 2.21. The number of anilines is 2. The van der Waals surface area contributed by atoms with Crippen molar-refractivity contribution in [1.82, 2.24) is 5.32 Å². The van der Waals surface area contributed by atoms with Crippen molar-refractivity contribution in [3.8, 4) is 0 Å². The molecule has 0 spiro atoms. The molecule has 0 bridgehead atoms. The molecule has 0 heterocycles. The molecule has 1 unspecified atom stereocenters. The van der Waals surface area contributed by atoms with E-state index in [2.05, 4.69) is 17.6 Å². The van der Waals surface area contributed by atoms with E-state index in [4.69, 9.17) is 10.5 Å². The van der Waals surface area contributed by atoms with Crippen LogP contribution in [-0.2, 0) is 4.74 Å². The number of carbonyl (C=O) groups is 1. The molecule has 1 atom stereocenters. The molecule has 0 saturated carbocycles. The first-order valence-corrected chi connectivity index (χ1v) is 7.05. The van der Waals surface area contributed by atoms with E-state index in [0.717, 1.165) is 18.5 Å². The molecule has 1 amide bonds. The Kier molecular flexibility index (Phi) is 6.87. The summed E-state index contributed by atoms with van der Waals surface area (Å²) in [7, 11) is 1.69. The van der Waals surface area contributed by atoms with E-state index in [1.165, 1.54) is 0 Å². The average molecular weight is 279 g/mol. The number of hydrogen-bond acceptors (Lipinski definition) is 4. The van der Waals surface area contributed by atoms with Gasteiger partial charge in [-0.2, -0.15) is 0 Å². The lowest BCUT2D eigenvalue weighted by Crippen LogP contribution is -2.26. The third-order valence-corrected chi connectivity index (χ3v) is 3.02. The molecule has 0 fully saturated rings. The van der Waals surface area contributed by atoms with Gasteiger partial charge in [0.05, 0.1) is 18.0 Å². The highest BCUT2D eigenvalue weighted by Gasteiger charge is 2.11. The first-order chi connectivity index (χ1) is 9.62. The van der Waals surface area contributed by atoms with Crippen LogP contribution in [-0.4, -0.2) is 32.2 Å². The summed E-state index contributed by atoms with van der Waals surface area (Å²) in [6.45, 7) is 5.25. The second-order valence-electron chi connectivity index (χ2n) is 4.75. The molecule has 0 aromatic heterocycles. The lowest BCUT2D eigenvalue weighted by atomic mass is 10.1. The van der Waals surface area contributed by atoms with Gasteiger partial charge in [0.15, 0.2) is 0 Å². The van der Waals surface area contributed by atoms with Gasteiger partial charge in [0, 0.05) is 25.3 Å². The Morgan fingerprint density at radius 2 is 2.15 bits per heavy atom. The van der Waals surface area contributed by atoms with Gasteiger partial charge in [0.25, 0.3) is 5.91 Å². The zero-order valence-electron chi connectivity index (χ0n) is 12.5. The lowest BCUT2D eigenvalue weighted by molar-refractivity contribution is 0.0956. The van der Waals surface area contributed by atoms with Crippen LogP contribution in [0, 0.1) is 0 Å². The summed E-state index contributed by atoms with van der Waals surface area (Å²) in [5.41, 5.74) is 8.01. The Hall–Kier alpha value is -1.75. The largest absolute Gasteiger partial charge is 0.397 e. The minimum Gasteiger partial charge on any atom is -0.397 e. The monoisotopic (exact) mass is 279 g/mol. The van der Waals surface area contributed by atoms with E-state index in [0.29, 0.717) is 24.4 Å². The zero-order valence-corrected chi connectivity index (χ0v) is 12.5. The molecule has 0 aliphatic heterocycles. The number of methoxy groups -OCH3 is 1. The molecule has 0 aliphatic carbocycles. The summed E-state index contributed by atoms with van der Waals surface area (Å²) in [5, 5.41) is 6.12. The van der Waals surface area contributed by atoms with Gasteiger partial charge >= 0.3 is 0 Å². The number of ether oxygens (including phenoxy) is 1. The standard InChI is InChI=1S/C15H25N3O2/c1-4-6-12(10-20-3)18-14-8-7-11(9-13(14)16)15(19)17-5-2/h7-9,12,18H,4-6,10,16H2,1-3H3,(H,17,19). The molecule has 0 radical (unpaired) electrons. The second kappa shape index (κ2) is 8.43. The minimum atomic E-state index is -0.104. The second-order valence-corrected chi connectivity index (χ2v) is 4.75. The maximum atomic E-state index is 11.7. The molecule has 1 rings (SSSR count). The molecule has 20 heavy (non-hydrogen) atoms. The van der Waals surface area contributed by atoms with Gasteiger partial charge in [0.1, 0.15) is 0 Å². The Balaban J connectivity index is 2.78. The average Bonchev–Trinajstić information content (AvgIpc) is 2.42. The molecule has 4 N–H and O–H groups in total. The summed E-state index contributed by atoms with van der Waals surface area (Å²) in [4.78, 5) is 11.7. The predicted molar refractivity (Wildman–Crippen MR) is 83.1 cm³/mol. The molecular weight excluding hydrogens is 254 g/mol. The van der Waals surface area contributed by atoms with E-state index in [-0.39, 0.29) is 11.9 Å². The van der Waals surface area contributed by atoms with Gasteiger partial charge in [-0.1, -0.05) is 13.3 Å². The number of hydrogen-bond donors (Lipinski definition) is 3. The third kappa shape index (κ3) is 4.74. The number of amides is 1. The number of nitrogens with two attached hydrogens (primary N) is 1. The maximum absolute atomic E-state index is 11.7. The van der Waals surface area contributed by atoms with Crippen LogP contribution >= 0.6 is 0 Å². The van der Waals surface area contributed by atoms with Crippen molar-refractivity contribution in [3.63, 3.8) is 0 Å². The molecule has 5 heteroatoms. The number of carbonyl (C=O) groups excluding carboxylic acids is 1. The van der Waals surface area contributed by atoms with Gasteiger partial charge in [-0.3, -0.25) is 4.79 Å². The van der Waals surface area contributed by atoms with Crippen LogP contribution in [0.15, 0.2) is 18.2 Å². The molecule has 1 aromatic carbocycles. The first kappa shape index (κ1) is 16.3. The van der Waals surface area contributed by atoms with Gasteiger partial charge in [-0.05, 0) is 31.5 Å². The van der Waals surface area contributed by atoms with Crippen molar-refractivity contribution in [2.24, 2.45) is 0 Å². The van der Waals surface area contributed by atoms with Crippen LogP contribution in [0.4, 0.5) is 11.4 Å². The van der Waals surface area contributed by atoms with Crippen LogP contribution in [0.25, 0.3) is 0 Å². The van der Waals surface area contributed by atoms with Crippen molar-refractivity contribution < 1.29 is 9.53 Å². The molecule has 1 aromatic rings. The highest BCUT2D eigenvalue weighted by atomic mass is 16.5. The van der Waals surface area contributed by atoms with Crippen molar-refractivity contribution in [3.05, 3.63) is 23.8 Å². The summed E-state index contributed by atoms with van der Waals surface area (Å²) < 4.78 is 5.20. The normalized spacial score (nSPS) is 11.9. The topological polar surface area (TPSA) is 76.4 Å². The van der Waals surface area contributed by atoms with Crippen LogP contribution in [0.1, 0.15) is 37.0 Å². The van der Waals surface area contributed by atoms with Gasteiger partial charge in [0.2, 0.25) is 0 Å². The highest BCUT2D eigenvalue weighted by molar-refractivity contribution is 5.96. The van der Waals surface area contributed by atoms with Crippen LogP contribution < -0.4 is 16.4 Å². The van der Waals surface area contributed by atoms with Gasteiger partial charge < -0.3 is 21.1 Å². The predicted octanol–water partition coefficient (Wildman–Crippen LogP) is 2.25. The Bertz CT molecular complexity index is 429. The molecule has 112 valence electrons. The summed E-state index contributed by atoms with van der Waals surface area (Å²) >= 11 is 0. The van der Waals surface area contributed by atoms with E-state index in [9.17, 15) is 4.79 Å². The number of rotatable bonds is 8. The number of nitrogen functional groups attached to an aromatic ring is 1. The van der Waals surface area contributed by atoms with Crippen LogP contribution in [0.2, 0.25) is 0 Å². The summed E-state index contributed by atoms with van der Waals surface area (Å²) in [6, 6.07) is 5.54. The molecule has 5 nitrogen and oxygen atoms in total. The van der Waals surface area contributed by atoms with Crippen LogP contribution in [0.3, 0.4) is 0 Å². The van der Waals surface area contributed by atoms with E-state index < -0.39 is 0 Å². The van der Waals surface area contributed by atoms with E-state index in [1.807, 2.05) is 13.0 Å². The quantitative estimate of drug-likeness (QED) is 0.638. The van der Waals surface area contributed by atoms with Crippen molar-refractivity contribution in [2.75, 3.05) is 31.3 Å². The Morgan fingerprint density at radius 3 is 2.70 bits per heavy atom. The SMILES string of the molecule is CCCC(COC)Nc1ccc(C(=O)NCC)cc1N. The fourth-order valence-corrected chi connectivity index (χ4v) is 2.06. The Morgan fingerprint density at radius 1 is 1.40 bits per heavy atom. The first-order valence-electron chi connectivity index (χ1n) is 7.05. The fourth-order valence-electron chi connectivity index (χ4n) is 2.06. The number of nitrogens with one attached hydrogen (secondary N) is 2. The zero-order chi connectivity index (χ0) is 15.0. The Labute approximate surface area is 120 Å². The third-order valence-electron chi connectivity index (χ3n) is 3.02. The van der Waals surface area contributed by atoms with E-state index in [1.54, 1.807) is 19.2 Å². The minimum absolute atomic E-state index is 0.104. The van der Waals surface area contributed by atoms with Crippen molar-refractivity contribution >= 4 is 17.3 Å². The lowest BCUT2D eigenvalue weighted by Gasteiger charge is -2.20. The number of benzene rings is 1. The fraction of sp³-hybridized carbons (Fsp3) is 0.533. The van der Waals surface area contributed by atoms with Gasteiger partial charge in [-0.15, -0.1) is 0 Å². The maximum Gasteiger partial charge on any atom is 0.251 e. The van der Waals surface area contributed by atoms with Gasteiger partial charge in [-0.25, -0.2) is 0 Å². The van der Waals surface area contributed by atoms with Crippen molar-refractivity contribution in [1.29, 1.82) is 0 Å². The molecular formula is C15H25N3O2. The molecule has 0 saturated heterocycles. The summed E-state index contributed by atoms with van der Waals surface area (Å²) in [6.07, 6.45) is 2.07.